The highest BCUT2D eigenvalue weighted by atomic mass is 35.5. The van der Waals surface area contributed by atoms with Crippen molar-refractivity contribution in [1.82, 2.24) is 10.2 Å². The van der Waals surface area contributed by atoms with E-state index in [-0.39, 0.29) is 41.4 Å². The number of nitrogens with zero attached hydrogens (tertiary/aromatic N) is 1. The van der Waals surface area contributed by atoms with Crippen molar-refractivity contribution in [2.75, 3.05) is 0 Å². The largest absolute Gasteiger partial charge is 0.352 e. The number of nitrogens with one attached hydrogen (secondary N) is 1. The molecule has 3 rings (SSSR count). The Labute approximate surface area is 192 Å². The second kappa shape index (κ2) is 11.0. The molecule has 166 valence electrons. The minimum atomic E-state index is -0.712. The Balaban J connectivity index is 1.79. The average molecular weight is 465 g/mol. The first kappa shape index (κ1) is 23.6. The van der Waals surface area contributed by atoms with Crippen molar-refractivity contribution in [3.05, 3.63) is 69.5 Å². The standard InChI is InChI=1S/C24H27Cl2FN2O2/c1-16(24(31)28-19-6-3-2-4-7-19)29(15-17-10-12-18(25)13-11-17)23(30)14-20-21(26)8-5-9-22(20)27/h5,8-13,16,19H,2-4,6-7,14-15H2,1H3,(H,28,31)/t16-/m1/s1. The van der Waals surface area contributed by atoms with Crippen molar-refractivity contribution in [3.63, 3.8) is 0 Å². The highest BCUT2D eigenvalue weighted by molar-refractivity contribution is 6.31. The van der Waals surface area contributed by atoms with Crippen LogP contribution in [0.3, 0.4) is 0 Å². The summed E-state index contributed by atoms with van der Waals surface area (Å²) < 4.78 is 14.3. The lowest BCUT2D eigenvalue weighted by atomic mass is 9.95. The van der Waals surface area contributed by atoms with Crippen LogP contribution in [-0.4, -0.2) is 28.8 Å². The summed E-state index contributed by atoms with van der Waals surface area (Å²) in [6.07, 6.45) is 5.06. The van der Waals surface area contributed by atoms with Crippen LogP contribution in [0.4, 0.5) is 4.39 Å². The minimum Gasteiger partial charge on any atom is -0.352 e. The van der Waals surface area contributed by atoms with Crippen molar-refractivity contribution >= 4 is 35.0 Å². The van der Waals surface area contributed by atoms with E-state index in [1.165, 1.54) is 23.5 Å². The highest BCUT2D eigenvalue weighted by Gasteiger charge is 2.29. The van der Waals surface area contributed by atoms with Crippen LogP contribution in [0, 0.1) is 5.82 Å². The minimum absolute atomic E-state index is 0.134. The average Bonchev–Trinajstić information content (AvgIpc) is 2.76. The number of carbonyl (C=O) groups is 2. The maximum Gasteiger partial charge on any atom is 0.242 e. The number of benzene rings is 2. The lowest BCUT2D eigenvalue weighted by Gasteiger charge is -2.31. The SMILES string of the molecule is C[C@H](C(=O)NC1CCCCC1)N(Cc1ccc(Cl)cc1)C(=O)Cc1c(F)cccc1Cl. The lowest BCUT2D eigenvalue weighted by Crippen LogP contribution is -2.50. The Morgan fingerprint density at radius 3 is 2.42 bits per heavy atom. The van der Waals surface area contributed by atoms with Crippen molar-refractivity contribution in [2.45, 2.75) is 64.1 Å². The van der Waals surface area contributed by atoms with Gasteiger partial charge in [0.25, 0.3) is 0 Å². The molecule has 2 amide bonds. The molecule has 0 unspecified atom stereocenters. The quantitative estimate of drug-likeness (QED) is 0.584. The van der Waals surface area contributed by atoms with Gasteiger partial charge in [0.05, 0.1) is 6.42 Å². The van der Waals surface area contributed by atoms with Gasteiger partial charge in [-0.25, -0.2) is 4.39 Å². The van der Waals surface area contributed by atoms with Crippen LogP contribution in [0.5, 0.6) is 0 Å². The van der Waals surface area contributed by atoms with E-state index < -0.39 is 11.9 Å². The third-order valence-electron chi connectivity index (χ3n) is 5.77. The smallest absolute Gasteiger partial charge is 0.242 e. The van der Waals surface area contributed by atoms with Gasteiger partial charge in [0.1, 0.15) is 11.9 Å². The van der Waals surface area contributed by atoms with E-state index in [9.17, 15) is 14.0 Å². The van der Waals surface area contributed by atoms with E-state index in [0.717, 1.165) is 31.2 Å². The maximum atomic E-state index is 14.3. The molecular formula is C24H27Cl2FN2O2. The van der Waals surface area contributed by atoms with Gasteiger partial charge in [-0.3, -0.25) is 9.59 Å². The van der Waals surface area contributed by atoms with Crippen molar-refractivity contribution < 1.29 is 14.0 Å². The van der Waals surface area contributed by atoms with E-state index in [0.29, 0.717) is 5.02 Å². The van der Waals surface area contributed by atoms with Crippen LogP contribution in [0.25, 0.3) is 0 Å². The molecule has 0 saturated heterocycles. The van der Waals surface area contributed by atoms with Gasteiger partial charge in [0.2, 0.25) is 11.8 Å². The molecule has 1 aliphatic carbocycles. The van der Waals surface area contributed by atoms with Crippen LogP contribution >= 0.6 is 23.2 Å². The van der Waals surface area contributed by atoms with Crippen molar-refractivity contribution in [2.24, 2.45) is 0 Å². The van der Waals surface area contributed by atoms with Crippen molar-refractivity contribution in [3.8, 4) is 0 Å². The van der Waals surface area contributed by atoms with Crippen LogP contribution in [-0.2, 0) is 22.6 Å². The second-order valence-electron chi connectivity index (χ2n) is 8.04. The topological polar surface area (TPSA) is 49.4 Å². The molecule has 1 saturated carbocycles. The van der Waals surface area contributed by atoms with Gasteiger partial charge < -0.3 is 10.2 Å². The summed E-state index contributed by atoms with van der Waals surface area (Å²) in [4.78, 5) is 27.7. The van der Waals surface area contributed by atoms with Gasteiger partial charge >= 0.3 is 0 Å². The molecule has 0 aromatic heterocycles. The van der Waals surface area contributed by atoms with Crippen LogP contribution < -0.4 is 5.32 Å². The number of rotatable bonds is 7. The summed E-state index contributed by atoms with van der Waals surface area (Å²) in [6.45, 7) is 1.91. The van der Waals surface area contributed by atoms with E-state index in [1.54, 1.807) is 25.1 Å². The Morgan fingerprint density at radius 2 is 1.77 bits per heavy atom. The summed E-state index contributed by atoms with van der Waals surface area (Å²) in [5.41, 5.74) is 0.963. The summed E-state index contributed by atoms with van der Waals surface area (Å²) in [6, 6.07) is 10.8. The first-order valence-electron chi connectivity index (χ1n) is 10.6. The van der Waals surface area contributed by atoms with E-state index >= 15 is 0 Å². The van der Waals surface area contributed by atoms with Gasteiger partial charge in [0.15, 0.2) is 0 Å². The third-order valence-corrected chi connectivity index (χ3v) is 6.38. The zero-order valence-corrected chi connectivity index (χ0v) is 19.1. The van der Waals surface area contributed by atoms with E-state index in [4.69, 9.17) is 23.2 Å². The first-order valence-corrected chi connectivity index (χ1v) is 11.4. The summed E-state index contributed by atoms with van der Waals surface area (Å²) in [7, 11) is 0. The zero-order chi connectivity index (χ0) is 22.4. The molecule has 4 nitrogen and oxygen atoms in total. The predicted octanol–water partition coefficient (Wildman–Crippen LogP) is 5.54. The molecule has 2 aromatic carbocycles. The molecular weight excluding hydrogens is 438 g/mol. The number of amides is 2. The van der Waals surface area contributed by atoms with E-state index in [1.807, 2.05) is 12.1 Å². The number of carbonyl (C=O) groups excluding carboxylic acids is 2. The summed E-state index contributed by atoms with van der Waals surface area (Å²) >= 11 is 12.1. The molecule has 0 aliphatic heterocycles. The van der Waals surface area contributed by atoms with Crippen molar-refractivity contribution in [1.29, 1.82) is 0 Å². The molecule has 1 aliphatic rings. The van der Waals surface area contributed by atoms with Gasteiger partial charge in [-0.2, -0.15) is 0 Å². The normalized spacial score (nSPS) is 15.4. The monoisotopic (exact) mass is 464 g/mol. The molecule has 0 radical (unpaired) electrons. The summed E-state index contributed by atoms with van der Waals surface area (Å²) in [5.74, 6) is -1.10. The molecule has 7 heteroatoms. The van der Waals surface area contributed by atoms with Gasteiger partial charge in [-0.1, -0.05) is 60.7 Å². The number of hydrogen-bond acceptors (Lipinski definition) is 2. The maximum absolute atomic E-state index is 14.3. The third kappa shape index (κ3) is 6.44. The molecule has 0 spiro atoms. The fourth-order valence-electron chi connectivity index (χ4n) is 3.89. The lowest BCUT2D eigenvalue weighted by molar-refractivity contribution is -0.140. The molecule has 0 bridgehead atoms. The zero-order valence-electron chi connectivity index (χ0n) is 17.5. The molecule has 31 heavy (non-hydrogen) atoms. The van der Waals surface area contributed by atoms with Crippen LogP contribution in [0.2, 0.25) is 10.0 Å². The number of halogens is 3. The fourth-order valence-corrected chi connectivity index (χ4v) is 4.25. The van der Waals surface area contributed by atoms with Gasteiger partial charge in [0, 0.05) is 28.2 Å². The second-order valence-corrected chi connectivity index (χ2v) is 8.89. The number of hydrogen-bond donors (Lipinski definition) is 1. The summed E-state index contributed by atoms with van der Waals surface area (Å²) in [5, 5.41) is 3.86. The Kier molecular flexibility index (Phi) is 8.33. The van der Waals surface area contributed by atoms with E-state index in [2.05, 4.69) is 5.32 Å². The van der Waals surface area contributed by atoms with Crippen LogP contribution in [0.1, 0.15) is 50.2 Å². The Morgan fingerprint density at radius 1 is 1.10 bits per heavy atom. The van der Waals surface area contributed by atoms with Crippen LogP contribution in [0.15, 0.2) is 42.5 Å². The molecule has 1 N–H and O–H groups in total. The Bertz CT molecular complexity index is 894. The van der Waals surface area contributed by atoms with Gasteiger partial charge in [-0.05, 0) is 49.6 Å². The predicted molar refractivity (Wildman–Crippen MR) is 122 cm³/mol. The fraction of sp³-hybridized carbons (Fsp3) is 0.417. The molecule has 1 fully saturated rings. The highest BCUT2D eigenvalue weighted by Crippen LogP contribution is 2.22. The molecule has 2 aromatic rings. The first-order chi connectivity index (χ1) is 14.8. The molecule has 0 heterocycles. The molecule has 1 atom stereocenters. The van der Waals surface area contributed by atoms with Gasteiger partial charge in [-0.15, -0.1) is 0 Å². The Hall–Kier alpha value is -2.11.